The molecule has 0 amide bonds. The highest BCUT2D eigenvalue weighted by molar-refractivity contribution is 5.77. The Morgan fingerprint density at radius 1 is 1.05 bits per heavy atom. The fourth-order valence-electron chi connectivity index (χ4n) is 4.81. The number of hydrogen-bond donors (Lipinski definition) is 2. The Bertz CT molecular complexity index is 1610. The number of halogens is 1. The number of hydrogen-bond acceptors (Lipinski definition) is 9. The van der Waals surface area contributed by atoms with E-state index in [-0.39, 0.29) is 31.1 Å². The highest BCUT2D eigenvalue weighted by atomic mass is 19.1. The van der Waals surface area contributed by atoms with Gasteiger partial charge in [0.2, 0.25) is 5.88 Å². The van der Waals surface area contributed by atoms with Crippen LogP contribution < -0.4 is 9.47 Å². The maximum Gasteiger partial charge on any atom is 0.316 e. The van der Waals surface area contributed by atoms with Crippen molar-refractivity contribution in [1.29, 1.82) is 0 Å². The Balaban J connectivity index is 1.11. The fourth-order valence-corrected chi connectivity index (χ4v) is 4.81. The number of nitrogens with zero attached hydrogens (tertiary/aromatic N) is 5. The Kier molecular flexibility index (Phi) is 7.04. The molecule has 6 rings (SSSR count). The van der Waals surface area contributed by atoms with E-state index in [0.717, 1.165) is 25.7 Å². The lowest BCUT2D eigenvalue weighted by molar-refractivity contribution is -0.138. The number of H-pyrrole nitrogens is 1. The first-order valence-electron chi connectivity index (χ1n) is 12.9. The van der Waals surface area contributed by atoms with Crippen LogP contribution in [0.4, 0.5) is 4.39 Å². The van der Waals surface area contributed by atoms with Gasteiger partial charge in [-0.15, -0.1) is 0 Å². The molecule has 0 unspecified atom stereocenters. The van der Waals surface area contributed by atoms with Crippen LogP contribution in [0.3, 0.4) is 0 Å². The molecule has 5 aromatic rings. The predicted octanol–water partition coefficient (Wildman–Crippen LogP) is 5.20. The number of nitrogens with one attached hydrogen (secondary N) is 1. The molecule has 0 spiro atoms. The van der Waals surface area contributed by atoms with Gasteiger partial charge in [-0.25, -0.2) is 19.3 Å². The molecule has 1 aliphatic rings. The van der Waals surface area contributed by atoms with Crippen LogP contribution in [-0.4, -0.2) is 47.3 Å². The molecule has 4 aromatic heterocycles. The lowest BCUT2D eigenvalue weighted by Crippen LogP contribution is -2.25. The topological polar surface area (TPSA) is 149 Å². The number of aromatic nitrogens is 6. The first kappa shape index (κ1) is 25.4. The minimum Gasteiger partial charge on any atom is -0.481 e. The van der Waals surface area contributed by atoms with Gasteiger partial charge in [0.1, 0.15) is 41.8 Å². The fraction of sp³-hybridized carbons (Fsp3) is 0.286. The number of fused-ring (bicyclic) bond motifs is 1. The first-order valence-corrected chi connectivity index (χ1v) is 12.9. The van der Waals surface area contributed by atoms with Crippen molar-refractivity contribution in [3.63, 3.8) is 0 Å². The largest absolute Gasteiger partial charge is 0.481 e. The van der Waals surface area contributed by atoms with Gasteiger partial charge >= 0.3 is 12.0 Å². The van der Waals surface area contributed by atoms with Gasteiger partial charge in [0.05, 0.1) is 5.56 Å². The Morgan fingerprint density at radius 2 is 1.88 bits per heavy atom. The van der Waals surface area contributed by atoms with Crippen LogP contribution in [0.25, 0.3) is 33.7 Å². The van der Waals surface area contributed by atoms with Gasteiger partial charge in [-0.05, 0) is 55.4 Å². The molecule has 11 nitrogen and oxygen atoms in total. The molecule has 1 fully saturated rings. The van der Waals surface area contributed by atoms with E-state index in [1.807, 2.05) is 0 Å². The number of pyridine rings is 1. The summed E-state index contributed by atoms with van der Waals surface area (Å²) in [6.45, 7) is 0.207. The summed E-state index contributed by atoms with van der Waals surface area (Å²) in [6.07, 6.45) is 7.96. The predicted molar refractivity (Wildman–Crippen MR) is 140 cm³/mol. The molecule has 12 heteroatoms. The lowest BCUT2D eigenvalue weighted by atomic mass is 9.85. The average Bonchev–Trinajstić information content (AvgIpc) is 3.63. The number of carbonyl (C=O) groups is 1. The van der Waals surface area contributed by atoms with Crippen molar-refractivity contribution < 1.29 is 28.3 Å². The van der Waals surface area contributed by atoms with Gasteiger partial charge in [-0.1, -0.05) is 11.2 Å². The van der Waals surface area contributed by atoms with Crippen LogP contribution in [0.2, 0.25) is 0 Å². The summed E-state index contributed by atoms with van der Waals surface area (Å²) in [5.41, 5.74) is 3.23. The van der Waals surface area contributed by atoms with Crippen LogP contribution >= 0.6 is 0 Å². The maximum absolute atomic E-state index is 15.2. The summed E-state index contributed by atoms with van der Waals surface area (Å²) in [4.78, 5) is 31.4. The molecule has 1 aromatic carbocycles. The molecule has 0 saturated heterocycles. The standard InChI is InChI=1S/C28H25FN6O5/c29-22-12-17(18-13-30-28(31-14-18)40-20-4-1-16(2-5-20)11-25(36)37)3-6-21(22)26-32-23-7-8-24(33-27(23)34-26)38-15-19-9-10-39-35-19/h3,6-10,12-14,16,20H,1-2,4-5,11,15H2,(H,36,37)(H,32,33,34). The highest BCUT2D eigenvalue weighted by Gasteiger charge is 2.24. The summed E-state index contributed by atoms with van der Waals surface area (Å²) < 4.78 is 31.5. The SMILES string of the molecule is O=C(O)CC1CCC(Oc2ncc(-c3ccc(-c4nc5ccc(OCc6ccon6)nc5[nH]4)c(F)c3)cn2)CC1. The second-order valence-electron chi connectivity index (χ2n) is 9.69. The monoisotopic (exact) mass is 544 g/mol. The Hall–Kier alpha value is -4.87. The van der Waals surface area contributed by atoms with E-state index in [9.17, 15) is 4.79 Å². The molecule has 2 N–H and O–H groups in total. The molecular formula is C28H25FN6O5. The van der Waals surface area contributed by atoms with E-state index >= 15 is 4.39 Å². The summed E-state index contributed by atoms with van der Waals surface area (Å²) in [6, 6.07) is 10.2. The zero-order valence-electron chi connectivity index (χ0n) is 21.3. The van der Waals surface area contributed by atoms with Crippen molar-refractivity contribution in [3.05, 3.63) is 66.6 Å². The van der Waals surface area contributed by atoms with Gasteiger partial charge in [0, 0.05) is 36.5 Å². The van der Waals surface area contributed by atoms with E-state index < -0.39 is 11.8 Å². The molecule has 4 heterocycles. The first-order chi connectivity index (χ1) is 19.5. The lowest BCUT2D eigenvalue weighted by Gasteiger charge is -2.27. The van der Waals surface area contributed by atoms with E-state index in [1.54, 1.807) is 42.7 Å². The van der Waals surface area contributed by atoms with Gasteiger partial charge < -0.3 is 24.1 Å². The summed E-state index contributed by atoms with van der Waals surface area (Å²) >= 11 is 0. The molecule has 204 valence electrons. The van der Waals surface area contributed by atoms with Gasteiger partial charge in [-0.2, -0.15) is 4.98 Å². The molecule has 0 radical (unpaired) electrons. The minimum absolute atomic E-state index is 0.0398. The van der Waals surface area contributed by atoms with Crippen molar-refractivity contribution in [2.24, 2.45) is 5.92 Å². The summed E-state index contributed by atoms with van der Waals surface area (Å²) in [7, 11) is 0. The molecule has 1 saturated carbocycles. The van der Waals surface area contributed by atoms with E-state index in [1.165, 1.54) is 12.3 Å². The van der Waals surface area contributed by atoms with Crippen molar-refractivity contribution >= 4 is 17.1 Å². The van der Waals surface area contributed by atoms with Crippen molar-refractivity contribution in [1.82, 2.24) is 30.1 Å². The Morgan fingerprint density at radius 3 is 2.60 bits per heavy atom. The summed E-state index contributed by atoms with van der Waals surface area (Å²) in [5, 5.41) is 12.8. The van der Waals surface area contributed by atoms with Crippen LogP contribution in [0.15, 0.2) is 59.6 Å². The number of imidazole rings is 1. The second-order valence-corrected chi connectivity index (χ2v) is 9.69. The third kappa shape index (κ3) is 5.75. The quantitative estimate of drug-likeness (QED) is 0.253. The van der Waals surface area contributed by atoms with E-state index in [0.29, 0.717) is 45.3 Å². The highest BCUT2D eigenvalue weighted by Crippen LogP contribution is 2.30. The number of aliphatic carboxylic acids is 1. The molecule has 0 aliphatic heterocycles. The van der Waals surface area contributed by atoms with E-state index in [4.69, 9.17) is 19.1 Å². The number of carboxylic acids is 1. The van der Waals surface area contributed by atoms with Crippen LogP contribution in [0.5, 0.6) is 11.9 Å². The number of aromatic amines is 1. The smallest absolute Gasteiger partial charge is 0.316 e. The normalized spacial score (nSPS) is 17.1. The second kappa shape index (κ2) is 11.1. The molecule has 0 atom stereocenters. The number of rotatable bonds is 9. The van der Waals surface area contributed by atoms with Gasteiger partial charge in [-0.3, -0.25) is 4.79 Å². The zero-order chi connectivity index (χ0) is 27.5. The number of ether oxygens (including phenoxy) is 2. The summed E-state index contributed by atoms with van der Waals surface area (Å²) in [5.74, 6) is -0.311. The third-order valence-electron chi connectivity index (χ3n) is 6.89. The third-order valence-corrected chi connectivity index (χ3v) is 6.89. The molecule has 40 heavy (non-hydrogen) atoms. The molecular weight excluding hydrogens is 519 g/mol. The van der Waals surface area contributed by atoms with Gasteiger partial charge in [0.15, 0.2) is 5.65 Å². The van der Waals surface area contributed by atoms with Crippen molar-refractivity contribution in [2.45, 2.75) is 44.8 Å². The van der Waals surface area contributed by atoms with Crippen LogP contribution in [-0.2, 0) is 11.4 Å². The molecule has 1 aliphatic carbocycles. The zero-order valence-corrected chi connectivity index (χ0v) is 21.3. The van der Waals surface area contributed by atoms with Crippen LogP contribution in [0, 0.1) is 11.7 Å². The number of carboxylic acid groups (broad SMARTS) is 1. The number of benzene rings is 1. The minimum atomic E-state index is -0.762. The van der Waals surface area contributed by atoms with Crippen LogP contribution in [0.1, 0.15) is 37.8 Å². The Labute approximate surface area is 227 Å². The van der Waals surface area contributed by atoms with Crippen molar-refractivity contribution in [2.75, 3.05) is 0 Å². The van der Waals surface area contributed by atoms with E-state index in [2.05, 4.69) is 30.1 Å². The van der Waals surface area contributed by atoms with Gasteiger partial charge in [0.25, 0.3) is 0 Å². The van der Waals surface area contributed by atoms with Crippen molar-refractivity contribution in [3.8, 4) is 34.4 Å². The maximum atomic E-state index is 15.2. The average molecular weight is 545 g/mol. The molecule has 0 bridgehead atoms.